The first-order valence-corrected chi connectivity index (χ1v) is 10.5. The van der Waals surface area contributed by atoms with Gasteiger partial charge >= 0.3 is 6.09 Å². The van der Waals surface area contributed by atoms with Crippen LogP contribution in [0.4, 0.5) is 4.79 Å². The van der Waals surface area contributed by atoms with Crippen molar-refractivity contribution in [3.05, 3.63) is 26.0 Å². The third kappa shape index (κ3) is 3.53. The van der Waals surface area contributed by atoms with Crippen molar-refractivity contribution in [1.82, 2.24) is 14.9 Å². The molecule has 0 bridgehead atoms. The summed E-state index contributed by atoms with van der Waals surface area (Å²) in [5.74, 6) is 0.561. The minimum Gasteiger partial charge on any atom is -0.444 e. The zero-order chi connectivity index (χ0) is 19.1. The number of nitrogens with one attached hydrogen (secondary N) is 1. The smallest absolute Gasteiger partial charge is 0.411 e. The number of aromatic nitrogens is 2. The van der Waals surface area contributed by atoms with Crippen molar-refractivity contribution in [2.24, 2.45) is 0 Å². The lowest BCUT2D eigenvalue weighted by atomic mass is 9.89. The Hall–Kier alpha value is -1.41. The van der Waals surface area contributed by atoms with E-state index in [9.17, 15) is 9.59 Å². The van der Waals surface area contributed by atoms with Gasteiger partial charge in [-0.3, -0.25) is 9.69 Å². The Morgan fingerprint density at radius 1 is 1.50 bits per heavy atom. The summed E-state index contributed by atoms with van der Waals surface area (Å²) in [6.07, 6.45) is 2.87. The number of carbonyl (C=O) groups is 1. The normalized spacial score (nSPS) is 20.7. The molecule has 1 unspecified atom stereocenters. The molecule has 1 fully saturated rings. The highest BCUT2D eigenvalue weighted by atomic mass is 79.9. The first-order chi connectivity index (χ1) is 12.2. The topological polar surface area (TPSA) is 75.3 Å². The number of carbonyl (C=O) groups excluding carboxylic acids is 1. The number of rotatable bonds is 3. The second-order valence-electron chi connectivity index (χ2n) is 7.70. The van der Waals surface area contributed by atoms with Crippen molar-refractivity contribution >= 4 is 43.6 Å². The number of likely N-dealkylation sites (tertiary alicyclic amines) is 1. The molecule has 2 aromatic rings. The van der Waals surface area contributed by atoms with E-state index in [2.05, 4.69) is 27.8 Å². The van der Waals surface area contributed by atoms with Gasteiger partial charge in [0.1, 0.15) is 21.7 Å². The predicted octanol–water partition coefficient (Wildman–Crippen LogP) is 4.77. The number of hydrogen-bond donors (Lipinski definition) is 1. The minimum absolute atomic E-state index is 0.160. The van der Waals surface area contributed by atoms with E-state index in [0.717, 1.165) is 29.5 Å². The Kier molecular flexibility index (Phi) is 5.18. The van der Waals surface area contributed by atoms with Gasteiger partial charge in [-0.05, 0) is 62.0 Å². The third-order valence-electron chi connectivity index (χ3n) is 4.56. The molecular formula is C18H24BrN3O3S. The number of nitrogens with zero attached hydrogens (tertiary/aromatic N) is 2. The van der Waals surface area contributed by atoms with Crippen LogP contribution in [0, 0.1) is 0 Å². The van der Waals surface area contributed by atoms with Gasteiger partial charge in [-0.1, -0.05) is 13.3 Å². The van der Waals surface area contributed by atoms with Gasteiger partial charge < -0.3 is 9.72 Å². The van der Waals surface area contributed by atoms with Gasteiger partial charge in [0.05, 0.1) is 9.30 Å². The molecule has 1 amide bonds. The molecule has 0 aliphatic carbocycles. The van der Waals surface area contributed by atoms with Gasteiger partial charge in [0.15, 0.2) is 0 Å². The number of thiophene rings is 1. The second-order valence-corrected chi connectivity index (χ2v) is 10.1. The van der Waals surface area contributed by atoms with Crippen LogP contribution in [0.5, 0.6) is 0 Å². The quantitative estimate of drug-likeness (QED) is 0.743. The van der Waals surface area contributed by atoms with E-state index < -0.39 is 11.1 Å². The Bertz CT molecular complexity index is 886. The molecule has 3 rings (SSSR count). The zero-order valence-corrected chi connectivity index (χ0v) is 17.9. The number of aromatic amines is 1. The van der Waals surface area contributed by atoms with Gasteiger partial charge in [0.25, 0.3) is 5.56 Å². The molecule has 2 aromatic heterocycles. The third-order valence-corrected chi connectivity index (χ3v) is 6.19. The van der Waals surface area contributed by atoms with Crippen LogP contribution in [0.2, 0.25) is 0 Å². The number of amides is 1. The van der Waals surface area contributed by atoms with Crippen molar-refractivity contribution in [2.75, 3.05) is 6.54 Å². The number of halogens is 1. The fraction of sp³-hybridized carbons (Fsp3) is 0.611. The number of fused-ring (bicyclic) bond motifs is 1. The average Bonchev–Trinajstić information content (AvgIpc) is 3.10. The summed E-state index contributed by atoms with van der Waals surface area (Å²) in [5, 5.41) is 0. The zero-order valence-electron chi connectivity index (χ0n) is 15.5. The molecule has 0 radical (unpaired) electrons. The lowest BCUT2D eigenvalue weighted by Gasteiger charge is -2.38. The van der Waals surface area contributed by atoms with Crippen molar-refractivity contribution in [3.63, 3.8) is 0 Å². The predicted molar refractivity (Wildman–Crippen MR) is 107 cm³/mol. The maximum Gasteiger partial charge on any atom is 0.411 e. The van der Waals surface area contributed by atoms with Gasteiger partial charge in [0, 0.05) is 6.54 Å². The van der Waals surface area contributed by atoms with Crippen LogP contribution in [0.25, 0.3) is 10.2 Å². The molecule has 1 aliphatic rings. The summed E-state index contributed by atoms with van der Waals surface area (Å²) in [5.41, 5.74) is -0.696. The maximum atomic E-state index is 12.9. The Morgan fingerprint density at radius 2 is 2.23 bits per heavy atom. The van der Waals surface area contributed by atoms with E-state index in [4.69, 9.17) is 9.72 Å². The number of ether oxygens (including phenoxy) is 1. The monoisotopic (exact) mass is 441 g/mol. The molecule has 1 atom stereocenters. The van der Waals surface area contributed by atoms with Gasteiger partial charge in [-0.15, -0.1) is 11.3 Å². The van der Waals surface area contributed by atoms with Crippen molar-refractivity contribution < 1.29 is 9.53 Å². The molecule has 6 nitrogen and oxygen atoms in total. The van der Waals surface area contributed by atoms with Crippen molar-refractivity contribution in [3.8, 4) is 0 Å². The van der Waals surface area contributed by atoms with Crippen LogP contribution < -0.4 is 5.56 Å². The molecule has 1 saturated heterocycles. The van der Waals surface area contributed by atoms with E-state index in [0.29, 0.717) is 22.6 Å². The van der Waals surface area contributed by atoms with E-state index in [-0.39, 0.29) is 11.7 Å². The van der Waals surface area contributed by atoms with Gasteiger partial charge in [-0.2, -0.15) is 0 Å². The summed E-state index contributed by atoms with van der Waals surface area (Å²) >= 11 is 4.78. The molecule has 0 spiro atoms. The minimum atomic E-state index is -0.626. The first-order valence-electron chi connectivity index (χ1n) is 8.87. The van der Waals surface area contributed by atoms with Crippen molar-refractivity contribution in [2.45, 2.75) is 64.5 Å². The first kappa shape index (κ1) is 19.4. The van der Waals surface area contributed by atoms with Crippen LogP contribution in [-0.4, -0.2) is 33.1 Å². The summed E-state index contributed by atoms with van der Waals surface area (Å²) < 4.78 is 7.08. The van der Waals surface area contributed by atoms with E-state index in [1.54, 1.807) is 4.90 Å². The number of H-pyrrole nitrogens is 1. The van der Waals surface area contributed by atoms with Gasteiger partial charge in [-0.25, -0.2) is 9.78 Å². The van der Waals surface area contributed by atoms with E-state index >= 15 is 0 Å². The molecule has 142 valence electrons. The highest BCUT2D eigenvalue weighted by Crippen LogP contribution is 2.42. The molecule has 8 heteroatoms. The molecule has 0 aromatic carbocycles. The molecule has 0 saturated carbocycles. The fourth-order valence-corrected chi connectivity index (χ4v) is 5.05. The molecule has 1 N–H and O–H groups in total. The average molecular weight is 442 g/mol. The Morgan fingerprint density at radius 3 is 2.88 bits per heavy atom. The molecule has 3 heterocycles. The van der Waals surface area contributed by atoms with Crippen LogP contribution in [0.15, 0.2) is 14.6 Å². The van der Waals surface area contributed by atoms with Crippen LogP contribution in [0.1, 0.15) is 59.2 Å². The standard InChI is InChI=1S/C18H24BrN3O3S/c1-5-7-18(8-6-9-22(18)16(24)25-17(2,3)4)15-20-11-10-12(19)26-13(11)14(23)21-15/h10H,5-9H2,1-4H3,(H,20,21,23). The lowest BCUT2D eigenvalue weighted by Crippen LogP contribution is -2.48. The summed E-state index contributed by atoms with van der Waals surface area (Å²) in [6.45, 7) is 8.25. The van der Waals surface area contributed by atoms with Crippen molar-refractivity contribution in [1.29, 1.82) is 0 Å². The molecule has 26 heavy (non-hydrogen) atoms. The lowest BCUT2D eigenvalue weighted by molar-refractivity contribution is 0.00328. The number of hydrogen-bond acceptors (Lipinski definition) is 5. The Balaban J connectivity index is 2.09. The maximum absolute atomic E-state index is 12.9. The second kappa shape index (κ2) is 6.96. The van der Waals surface area contributed by atoms with Crippen LogP contribution in [-0.2, 0) is 10.3 Å². The summed E-state index contributed by atoms with van der Waals surface area (Å²) in [4.78, 5) is 34.9. The van der Waals surface area contributed by atoms with E-state index in [1.807, 2.05) is 26.8 Å². The van der Waals surface area contributed by atoms with Gasteiger partial charge in [0.2, 0.25) is 0 Å². The molecule has 1 aliphatic heterocycles. The SMILES string of the molecule is CCCC1(c2nc3cc(Br)sc3c(=O)[nH]2)CCCN1C(=O)OC(C)(C)C. The highest BCUT2D eigenvalue weighted by molar-refractivity contribution is 9.11. The Labute approximate surface area is 165 Å². The van der Waals surface area contributed by atoms with Crippen LogP contribution in [0.3, 0.4) is 0 Å². The molecular weight excluding hydrogens is 418 g/mol. The highest BCUT2D eigenvalue weighted by Gasteiger charge is 2.48. The summed E-state index contributed by atoms with van der Waals surface area (Å²) in [6, 6.07) is 1.85. The summed E-state index contributed by atoms with van der Waals surface area (Å²) in [7, 11) is 0. The largest absolute Gasteiger partial charge is 0.444 e. The van der Waals surface area contributed by atoms with E-state index in [1.165, 1.54) is 11.3 Å². The van der Waals surface area contributed by atoms with Crippen LogP contribution >= 0.6 is 27.3 Å². The fourth-order valence-electron chi connectivity index (χ4n) is 3.63.